The zero-order valence-corrected chi connectivity index (χ0v) is 18.2. The highest BCUT2D eigenvalue weighted by molar-refractivity contribution is 7.15. The maximum Gasteiger partial charge on any atom is 0.274 e. The third-order valence-corrected chi connectivity index (χ3v) is 7.45. The van der Waals surface area contributed by atoms with E-state index in [2.05, 4.69) is 21.9 Å². The average molecular weight is 439 g/mol. The van der Waals surface area contributed by atoms with Crippen LogP contribution in [0.1, 0.15) is 35.3 Å². The summed E-state index contributed by atoms with van der Waals surface area (Å²) in [6.45, 7) is 4.46. The number of nitrogens with zero attached hydrogens (tertiary/aromatic N) is 4. The predicted octanol–water partition coefficient (Wildman–Crippen LogP) is 4.37. The molecular weight excluding hydrogens is 415 g/mol. The number of carbonyl (C=O) groups excluding carboxylic acids is 1. The van der Waals surface area contributed by atoms with E-state index in [4.69, 9.17) is 4.74 Å². The Morgan fingerprint density at radius 2 is 2.03 bits per heavy atom. The minimum absolute atomic E-state index is 0.0632. The van der Waals surface area contributed by atoms with Crippen LogP contribution in [0, 0.1) is 24.6 Å². The molecule has 6 rings (SSSR count). The van der Waals surface area contributed by atoms with Gasteiger partial charge < -0.3 is 9.64 Å². The lowest BCUT2D eigenvalue weighted by Crippen LogP contribution is -2.64. The number of fused-ring (bicyclic) bond motifs is 2. The molecule has 2 saturated heterocycles. The summed E-state index contributed by atoms with van der Waals surface area (Å²) >= 11 is 1.46. The number of piperidine rings is 2. The molecule has 0 unspecified atom stereocenters. The second kappa shape index (κ2) is 8.00. The number of hydrogen-bond donors (Lipinski definition) is 0. The summed E-state index contributed by atoms with van der Waals surface area (Å²) < 4.78 is 19.2. The molecule has 0 N–H and O–H groups in total. The van der Waals surface area contributed by atoms with Crippen molar-refractivity contribution in [1.29, 1.82) is 0 Å². The van der Waals surface area contributed by atoms with E-state index in [0.29, 0.717) is 35.6 Å². The van der Waals surface area contributed by atoms with Gasteiger partial charge in [0, 0.05) is 18.4 Å². The summed E-state index contributed by atoms with van der Waals surface area (Å²) in [4.78, 5) is 29.6. The Morgan fingerprint density at radius 1 is 1.26 bits per heavy atom. The summed E-state index contributed by atoms with van der Waals surface area (Å²) in [6.07, 6.45) is 6.93. The smallest absolute Gasteiger partial charge is 0.274 e. The summed E-state index contributed by atoms with van der Waals surface area (Å²) in [5, 5.41) is 0.819. The van der Waals surface area contributed by atoms with E-state index < -0.39 is 0 Å². The third-order valence-electron chi connectivity index (χ3n) is 6.45. The number of halogens is 1. The Balaban J connectivity index is 1.43. The number of thiazole rings is 1. The van der Waals surface area contributed by atoms with Crippen molar-refractivity contribution in [1.82, 2.24) is 19.9 Å². The first-order valence-electron chi connectivity index (χ1n) is 10.5. The largest absolute Gasteiger partial charge is 0.491 e. The summed E-state index contributed by atoms with van der Waals surface area (Å²) in [6, 6.07) is 6.13. The van der Waals surface area contributed by atoms with Crippen molar-refractivity contribution in [2.24, 2.45) is 11.8 Å². The zero-order chi connectivity index (χ0) is 21.5. The van der Waals surface area contributed by atoms with E-state index in [-0.39, 0.29) is 23.8 Å². The van der Waals surface area contributed by atoms with Gasteiger partial charge in [-0.1, -0.05) is 6.92 Å². The normalized spacial score (nSPS) is 24.5. The molecule has 31 heavy (non-hydrogen) atoms. The molecule has 2 aliphatic heterocycles. The summed E-state index contributed by atoms with van der Waals surface area (Å²) in [5.74, 6) is 1.14. The van der Waals surface area contributed by atoms with E-state index in [9.17, 15) is 9.18 Å². The van der Waals surface area contributed by atoms with E-state index >= 15 is 0 Å². The van der Waals surface area contributed by atoms with Gasteiger partial charge in [-0.2, -0.15) is 0 Å². The van der Waals surface area contributed by atoms with Gasteiger partial charge in [0.25, 0.3) is 5.91 Å². The van der Waals surface area contributed by atoms with Gasteiger partial charge in [0.1, 0.15) is 29.6 Å². The van der Waals surface area contributed by atoms with E-state index in [1.54, 1.807) is 30.7 Å². The number of aromatic nitrogens is 3. The van der Waals surface area contributed by atoms with Gasteiger partial charge in [0.05, 0.1) is 22.1 Å². The van der Waals surface area contributed by atoms with Crippen molar-refractivity contribution >= 4 is 17.2 Å². The van der Waals surface area contributed by atoms with E-state index in [1.807, 2.05) is 11.8 Å². The van der Waals surface area contributed by atoms with Crippen molar-refractivity contribution in [2.75, 3.05) is 6.61 Å². The fraction of sp³-hybridized carbons (Fsp3) is 0.391. The Hall–Kier alpha value is -2.87. The van der Waals surface area contributed by atoms with Crippen molar-refractivity contribution in [3.05, 3.63) is 59.4 Å². The zero-order valence-electron chi connectivity index (χ0n) is 17.4. The Bertz CT molecular complexity index is 1080. The highest BCUT2D eigenvalue weighted by Gasteiger charge is 2.51. The molecule has 3 fully saturated rings. The van der Waals surface area contributed by atoms with Crippen molar-refractivity contribution in [3.8, 4) is 16.3 Å². The number of benzene rings is 1. The molecule has 1 saturated carbocycles. The molecule has 0 spiro atoms. The molecular formula is C23H23FN4O2S. The fourth-order valence-corrected chi connectivity index (χ4v) is 5.54. The lowest BCUT2D eigenvalue weighted by Gasteiger charge is -2.57. The number of ether oxygens (including phenoxy) is 1. The van der Waals surface area contributed by atoms with Crippen LogP contribution in [0.2, 0.25) is 0 Å². The van der Waals surface area contributed by atoms with Crippen LogP contribution in [-0.2, 0) is 0 Å². The Morgan fingerprint density at radius 3 is 2.74 bits per heavy atom. The lowest BCUT2D eigenvalue weighted by molar-refractivity contribution is -0.0672. The SMILES string of the molecule is Cc1nc(C(=O)N2C3CC(C3)[C@@H](C)[C@H]2COc2ccc(F)cc2)c(-c2cnccn2)s1. The molecule has 3 aliphatic rings. The molecule has 6 nitrogen and oxygen atoms in total. The number of rotatable bonds is 5. The van der Waals surface area contributed by atoms with Gasteiger partial charge in [-0.3, -0.25) is 14.8 Å². The van der Waals surface area contributed by atoms with Crippen LogP contribution in [0.4, 0.5) is 4.39 Å². The predicted molar refractivity (Wildman–Crippen MR) is 115 cm³/mol. The van der Waals surface area contributed by atoms with Crippen LogP contribution in [-0.4, -0.2) is 44.4 Å². The molecule has 0 radical (unpaired) electrons. The maximum atomic E-state index is 13.8. The molecule has 2 bridgehead atoms. The monoisotopic (exact) mass is 438 g/mol. The maximum absolute atomic E-state index is 13.8. The van der Waals surface area contributed by atoms with Crippen molar-refractivity contribution < 1.29 is 13.9 Å². The van der Waals surface area contributed by atoms with Crippen LogP contribution < -0.4 is 4.74 Å². The summed E-state index contributed by atoms with van der Waals surface area (Å²) in [7, 11) is 0. The van der Waals surface area contributed by atoms with Crippen LogP contribution >= 0.6 is 11.3 Å². The molecule has 2 atom stereocenters. The van der Waals surface area contributed by atoms with Gasteiger partial charge in [0.2, 0.25) is 0 Å². The molecule has 4 heterocycles. The second-order valence-electron chi connectivity index (χ2n) is 8.29. The highest BCUT2D eigenvalue weighted by atomic mass is 32.1. The average Bonchev–Trinajstić information content (AvgIpc) is 3.14. The Labute approximate surface area is 184 Å². The van der Waals surface area contributed by atoms with Crippen molar-refractivity contribution in [3.63, 3.8) is 0 Å². The standard InChI is InChI=1S/C23H23FN4O2S/c1-13-15-9-17(10-15)28(20(13)12-30-18-5-3-16(24)4-6-18)23(29)21-22(31-14(2)27-21)19-11-25-7-8-26-19/h3-8,11,13,15,17,20H,9-10,12H2,1-2H3/t13-,15?,17?,20-/m1/s1. The molecule has 3 aromatic rings. The van der Waals surface area contributed by atoms with Gasteiger partial charge in [-0.15, -0.1) is 11.3 Å². The number of amides is 1. The first-order valence-corrected chi connectivity index (χ1v) is 11.3. The van der Waals surface area contributed by atoms with Gasteiger partial charge >= 0.3 is 0 Å². The Kier molecular flexibility index (Phi) is 5.17. The van der Waals surface area contributed by atoms with Crippen LogP contribution in [0.25, 0.3) is 10.6 Å². The minimum Gasteiger partial charge on any atom is -0.491 e. The van der Waals surface area contributed by atoms with E-state index in [0.717, 1.165) is 22.7 Å². The topological polar surface area (TPSA) is 68.2 Å². The van der Waals surface area contributed by atoms with Crippen LogP contribution in [0.5, 0.6) is 5.75 Å². The highest BCUT2D eigenvalue weighted by Crippen LogP contribution is 2.47. The van der Waals surface area contributed by atoms with Crippen LogP contribution in [0.15, 0.2) is 42.9 Å². The van der Waals surface area contributed by atoms with Gasteiger partial charge in [-0.05, 0) is 55.9 Å². The minimum atomic E-state index is -0.299. The van der Waals surface area contributed by atoms with E-state index in [1.165, 1.54) is 23.5 Å². The third kappa shape index (κ3) is 3.69. The lowest BCUT2D eigenvalue weighted by atomic mass is 9.64. The molecule has 2 aromatic heterocycles. The number of hydrogen-bond acceptors (Lipinski definition) is 6. The quantitative estimate of drug-likeness (QED) is 0.592. The summed E-state index contributed by atoms with van der Waals surface area (Å²) in [5.41, 5.74) is 1.10. The van der Waals surface area contributed by atoms with Gasteiger partial charge in [-0.25, -0.2) is 9.37 Å². The van der Waals surface area contributed by atoms with Crippen LogP contribution in [0.3, 0.4) is 0 Å². The first kappa shape index (κ1) is 20.1. The van der Waals surface area contributed by atoms with Gasteiger partial charge in [0.15, 0.2) is 0 Å². The molecule has 160 valence electrons. The number of aryl methyl sites for hydroxylation is 1. The molecule has 1 amide bonds. The molecule has 8 heteroatoms. The number of carbonyl (C=O) groups is 1. The fourth-order valence-electron chi connectivity index (χ4n) is 4.67. The molecule has 1 aromatic carbocycles. The first-order chi connectivity index (χ1) is 15.0. The van der Waals surface area contributed by atoms with Crippen molar-refractivity contribution in [2.45, 2.75) is 38.8 Å². The second-order valence-corrected chi connectivity index (χ2v) is 9.49. The molecule has 1 aliphatic carbocycles.